The molecule has 13 nitrogen and oxygen atoms in total. The van der Waals surface area contributed by atoms with Crippen molar-refractivity contribution in [2.45, 2.75) is 54.9 Å². The number of nitrogen functional groups attached to an aromatic ring is 1. The first kappa shape index (κ1) is 30.2. The minimum Gasteiger partial charge on any atom is -0.382 e. The Kier molecular flexibility index (Phi) is 8.42. The van der Waals surface area contributed by atoms with Crippen LogP contribution >= 0.6 is 0 Å². The number of anilines is 1. The monoisotopic (exact) mass is 623 g/mol. The second kappa shape index (κ2) is 12.3. The first-order chi connectivity index (χ1) is 21.2. The van der Waals surface area contributed by atoms with Gasteiger partial charge in [-0.25, -0.2) is 23.6 Å². The molecule has 0 bridgehead atoms. The Morgan fingerprint density at radius 1 is 1.09 bits per heavy atom. The van der Waals surface area contributed by atoms with E-state index in [4.69, 9.17) is 25.0 Å². The summed E-state index contributed by atoms with van der Waals surface area (Å²) < 4.78 is 40.6. The van der Waals surface area contributed by atoms with Crippen molar-refractivity contribution in [1.82, 2.24) is 29.9 Å². The Morgan fingerprint density at radius 2 is 1.84 bits per heavy atom. The van der Waals surface area contributed by atoms with Gasteiger partial charge in [-0.1, -0.05) is 18.2 Å². The quantitative estimate of drug-likeness (QED) is 0.177. The number of nitrogens with one attached hydrogen (secondary N) is 1. The van der Waals surface area contributed by atoms with Crippen LogP contribution < -0.4 is 11.2 Å². The van der Waals surface area contributed by atoms with Crippen LogP contribution in [0.4, 0.5) is 5.82 Å². The highest BCUT2D eigenvalue weighted by Crippen LogP contribution is 2.43. The number of nitrogens with two attached hydrogens (primary N) is 1. The van der Waals surface area contributed by atoms with Gasteiger partial charge in [-0.3, -0.25) is 9.63 Å². The highest BCUT2D eigenvalue weighted by Gasteiger charge is 2.45. The lowest BCUT2D eigenvalue weighted by Crippen LogP contribution is -2.51. The highest BCUT2D eigenvalue weighted by molar-refractivity contribution is 7.91. The topological polar surface area (TPSA) is 165 Å². The summed E-state index contributed by atoms with van der Waals surface area (Å²) in [6, 6.07) is 9.69. The third-order valence-electron chi connectivity index (χ3n) is 8.39. The Hall–Kier alpha value is -3.85. The molecule has 0 saturated heterocycles. The normalized spacial score (nSPS) is 20.6. The van der Waals surface area contributed by atoms with Crippen LogP contribution in [0.1, 0.15) is 50.1 Å². The lowest BCUT2D eigenvalue weighted by molar-refractivity contribution is -0.167. The van der Waals surface area contributed by atoms with Gasteiger partial charge in [0.2, 0.25) is 0 Å². The lowest BCUT2D eigenvalue weighted by Gasteiger charge is -2.38. The van der Waals surface area contributed by atoms with Crippen LogP contribution in [0.15, 0.2) is 53.8 Å². The summed E-state index contributed by atoms with van der Waals surface area (Å²) in [4.78, 5) is 23.7. The third kappa shape index (κ3) is 6.07. The number of benzene rings is 1. The zero-order chi connectivity index (χ0) is 30.9. The van der Waals surface area contributed by atoms with E-state index in [9.17, 15) is 13.2 Å². The molecular formula is C30H37N7O6S. The molecule has 0 atom stereocenters. The van der Waals surface area contributed by atoms with Crippen LogP contribution in [-0.2, 0) is 28.9 Å². The maximum absolute atomic E-state index is 13.3. The fourth-order valence-electron chi connectivity index (χ4n) is 5.78. The molecule has 0 unspecified atom stereocenters. The van der Waals surface area contributed by atoms with E-state index in [0.717, 1.165) is 30.3 Å². The molecule has 44 heavy (non-hydrogen) atoms. The maximum Gasteiger partial charge on any atom is 0.275 e. The molecule has 2 saturated carbocycles. The van der Waals surface area contributed by atoms with E-state index >= 15 is 0 Å². The third-order valence-corrected chi connectivity index (χ3v) is 9.55. The smallest absolute Gasteiger partial charge is 0.275 e. The number of nitrogens with zero attached hydrogens (tertiary/aromatic N) is 5. The van der Waals surface area contributed by atoms with Gasteiger partial charge in [0.1, 0.15) is 16.3 Å². The van der Waals surface area contributed by atoms with Crippen LogP contribution in [0.25, 0.3) is 22.5 Å². The summed E-state index contributed by atoms with van der Waals surface area (Å²) in [7, 11) is -2.21. The van der Waals surface area contributed by atoms with Crippen molar-refractivity contribution in [3.8, 4) is 16.8 Å². The fraction of sp³-hybridized carbons (Fsp3) is 0.467. The maximum atomic E-state index is 13.3. The van der Waals surface area contributed by atoms with Gasteiger partial charge < -0.3 is 15.2 Å². The van der Waals surface area contributed by atoms with Gasteiger partial charge in [-0.15, -0.1) is 0 Å². The molecule has 6 rings (SSSR count). The zero-order valence-corrected chi connectivity index (χ0v) is 25.6. The Morgan fingerprint density at radius 3 is 2.52 bits per heavy atom. The van der Waals surface area contributed by atoms with Crippen molar-refractivity contribution < 1.29 is 27.5 Å². The fourth-order valence-corrected chi connectivity index (χ4v) is 6.84. The van der Waals surface area contributed by atoms with Crippen LogP contribution in [0.2, 0.25) is 0 Å². The molecular weight excluding hydrogens is 586 g/mol. The van der Waals surface area contributed by atoms with Gasteiger partial charge in [0.05, 0.1) is 43.6 Å². The Bertz CT molecular complexity index is 1740. The number of ether oxygens (including phenoxy) is 2. The summed E-state index contributed by atoms with van der Waals surface area (Å²) in [6.07, 6.45) is 10.1. The number of hydrogen-bond acceptors (Lipinski definition) is 10. The van der Waals surface area contributed by atoms with Crippen molar-refractivity contribution in [3.63, 3.8) is 0 Å². The molecule has 2 aliphatic rings. The van der Waals surface area contributed by atoms with Crippen LogP contribution in [0.5, 0.6) is 0 Å². The number of fused-ring (bicyclic) bond motifs is 1. The summed E-state index contributed by atoms with van der Waals surface area (Å²) in [5.74, 6) is -0.152. The molecule has 0 radical (unpaired) electrons. The zero-order valence-electron chi connectivity index (χ0n) is 24.8. The number of sulfone groups is 1. The molecule has 234 valence electrons. The molecule has 0 spiro atoms. The molecule has 3 heterocycles. The number of carbonyl (C=O) groups excluding carboxylic acids is 1. The van der Waals surface area contributed by atoms with E-state index in [0.29, 0.717) is 61.7 Å². The average Bonchev–Trinajstić information content (AvgIpc) is 3.52. The largest absolute Gasteiger partial charge is 0.382 e. The number of amides is 1. The molecule has 3 aromatic heterocycles. The molecule has 1 amide bonds. The van der Waals surface area contributed by atoms with E-state index in [1.165, 1.54) is 4.52 Å². The van der Waals surface area contributed by atoms with Crippen molar-refractivity contribution in [2.75, 3.05) is 38.9 Å². The molecule has 2 aliphatic carbocycles. The van der Waals surface area contributed by atoms with Gasteiger partial charge in [0.25, 0.3) is 5.91 Å². The Labute approximate surface area is 255 Å². The van der Waals surface area contributed by atoms with Crippen molar-refractivity contribution in [3.05, 3.63) is 54.6 Å². The van der Waals surface area contributed by atoms with E-state index in [1.54, 1.807) is 24.2 Å². The molecule has 1 aromatic carbocycles. The van der Waals surface area contributed by atoms with Gasteiger partial charge in [-0.05, 0) is 56.6 Å². The van der Waals surface area contributed by atoms with Crippen LogP contribution in [-0.4, -0.2) is 77.5 Å². The second-order valence-corrected chi connectivity index (χ2v) is 13.5. The number of rotatable bonds is 12. The van der Waals surface area contributed by atoms with Gasteiger partial charge in [0, 0.05) is 36.6 Å². The first-order valence-corrected chi connectivity index (χ1v) is 16.6. The van der Waals surface area contributed by atoms with E-state index < -0.39 is 15.4 Å². The molecule has 14 heteroatoms. The number of carbonyl (C=O) groups is 1. The number of aromatic nitrogens is 5. The first-order valence-electron chi connectivity index (χ1n) is 14.7. The lowest BCUT2D eigenvalue weighted by atomic mass is 9.76. The predicted octanol–water partition coefficient (Wildman–Crippen LogP) is 3.08. The molecule has 0 aliphatic heterocycles. The average molecular weight is 624 g/mol. The van der Waals surface area contributed by atoms with Gasteiger partial charge in [0.15, 0.2) is 15.5 Å². The van der Waals surface area contributed by atoms with Gasteiger partial charge in [-0.2, -0.15) is 14.7 Å². The number of para-hydroxylation sites is 1. The summed E-state index contributed by atoms with van der Waals surface area (Å²) in [6.45, 7) is 1.04. The van der Waals surface area contributed by atoms with Crippen molar-refractivity contribution >= 4 is 27.2 Å². The highest BCUT2D eigenvalue weighted by atomic mass is 32.2. The summed E-state index contributed by atoms with van der Waals surface area (Å²) in [5.41, 5.74) is 11.1. The standard InChI is InChI=1S/C30H37N7O6S/c1-41-14-15-42-30(29(38)35-43-19-20-8-9-20)12-10-21(11-13-30)25-26(44(2,39)40)27(31)37-28(34-25)24(17-33-37)22-16-32-36(18-22)23-6-4-3-5-7-23/h3-7,16-18,20-21H,8-15,19,31H2,1-2H3,(H,35,38)/t21-,30+. The number of hydrogen-bond donors (Lipinski definition) is 2. The van der Waals surface area contributed by atoms with Crippen LogP contribution in [0.3, 0.4) is 0 Å². The molecule has 3 N–H and O–H groups in total. The molecule has 4 aromatic rings. The SMILES string of the molecule is COCCO[C@]1(C(=O)NOCC2CC2)CC[C@H](c2nc3c(-c4cnn(-c5ccccc5)c4)cnn3c(N)c2S(C)(=O)=O)CC1. The second-order valence-electron chi connectivity index (χ2n) is 11.6. The number of methoxy groups -OCH3 is 1. The number of hydroxylamine groups is 1. The summed E-state index contributed by atoms with van der Waals surface area (Å²) >= 11 is 0. The van der Waals surface area contributed by atoms with E-state index in [1.807, 2.05) is 36.5 Å². The molecule has 2 fully saturated rings. The summed E-state index contributed by atoms with van der Waals surface area (Å²) in [5, 5.41) is 8.89. The van der Waals surface area contributed by atoms with Gasteiger partial charge >= 0.3 is 0 Å². The van der Waals surface area contributed by atoms with E-state index in [-0.39, 0.29) is 29.1 Å². The van der Waals surface area contributed by atoms with Crippen LogP contribution in [0, 0.1) is 5.92 Å². The minimum absolute atomic E-state index is 0.00592. The van der Waals surface area contributed by atoms with Crippen molar-refractivity contribution in [1.29, 1.82) is 0 Å². The van der Waals surface area contributed by atoms with E-state index in [2.05, 4.69) is 15.7 Å². The Balaban J connectivity index is 1.32. The minimum atomic E-state index is -3.78. The van der Waals surface area contributed by atoms with Crippen molar-refractivity contribution in [2.24, 2.45) is 5.92 Å². The predicted molar refractivity (Wildman–Crippen MR) is 162 cm³/mol.